The van der Waals surface area contributed by atoms with Crippen molar-refractivity contribution in [1.82, 2.24) is 5.32 Å². The zero-order chi connectivity index (χ0) is 12.8. The van der Waals surface area contributed by atoms with Crippen LogP contribution in [0.1, 0.15) is 20.3 Å². The van der Waals surface area contributed by atoms with Crippen molar-refractivity contribution in [3.63, 3.8) is 0 Å². The van der Waals surface area contributed by atoms with Gasteiger partial charge in [0, 0.05) is 28.8 Å². The van der Waals surface area contributed by atoms with Crippen molar-refractivity contribution >= 4 is 22.4 Å². The molecule has 1 atom stereocenters. The van der Waals surface area contributed by atoms with Gasteiger partial charge in [0.15, 0.2) is 0 Å². The summed E-state index contributed by atoms with van der Waals surface area (Å²) in [5.74, 6) is 0.270. The summed E-state index contributed by atoms with van der Waals surface area (Å²) in [6.07, 6.45) is 0.273. The molecule has 0 saturated carbocycles. The van der Waals surface area contributed by atoms with Gasteiger partial charge in [0.05, 0.1) is 10.8 Å². The highest BCUT2D eigenvalue weighted by molar-refractivity contribution is 7.85. The third kappa shape index (κ3) is 4.99. The topological polar surface area (TPSA) is 72.2 Å². The molecular formula is C12H18N2O2S. The number of anilines is 1. The highest BCUT2D eigenvalue weighted by Gasteiger charge is 2.08. The van der Waals surface area contributed by atoms with Gasteiger partial charge in [-0.1, -0.05) is 0 Å². The minimum Gasteiger partial charge on any atom is -0.399 e. The van der Waals surface area contributed by atoms with Crippen molar-refractivity contribution in [3.8, 4) is 0 Å². The van der Waals surface area contributed by atoms with Gasteiger partial charge < -0.3 is 11.1 Å². The normalized spacial score (nSPS) is 12.4. The summed E-state index contributed by atoms with van der Waals surface area (Å²) in [5, 5.41) is 2.77. The summed E-state index contributed by atoms with van der Waals surface area (Å²) in [5.41, 5.74) is 6.18. The van der Waals surface area contributed by atoms with Crippen LogP contribution in [0.15, 0.2) is 29.2 Å². The van der Waals surface area contributed by atoms with E-state index in [4.69, 9.17) is 5.73 Å². The van der Waals surface area contributed by atoms with E-state index in [9.17, 15) is 9.00 Å². The molecule has 1 rings (SSSR count). The largest absolute Gasteiger partial charge is 0.399 e. The lowest BCUT2D eigenvalue weighted by atomic mass is 10.3. The molecule has 0 saturated heterocycles. The van der Waals surface area contributed by atoms with Gasteiger partial charge in [-0.2, -0.15) is 0 Å². The first-order chi connectivity index (χ1) is 7.99. The maximum atomic E-state index is 11.8. The molecule has 0 bridgehead atoms. The number of benzene rings is 1. The predicted octanol–water partition coefficient (Wildman–Crippen LogP) is 1.29. The van der Waals surface area contributed by atoms with E-state index in [1.807, 2.05) is 13.8 Å². The number of rotatable bonds is 5. The average Bonchev–Trinajstić information content (AvgIpc) is 2.26. The van der Waals surface area contributed by atoms with Crippen molar-refractivity contribution in [3.05, 3.63) is 24.3 Å². The smallest absolute Gasteiger partial charge is 0.221 e. The second-order valence-corrected chi connectivity index (χ2v) is 5.66. The SMILES string of the molecule is CC(C)NC(=O)CCS(=O)c1ccc(N)cc1. The lowest BCUT2D eigenvalue weighted by molar-refractivity contribution is -0.121. The van der Waals surface area contributed by atoms with E-state index in [0.29, 0.717) is 16.3 Å². The molecule has 4 nitrogen and oxygen atoms in total. The molecule has 0 fully saturated rings. The second-order valence-electron chi connectivity index (χ2n) is 4.09. The molecule has 1 aromatic rings. The fourth-order valence-electron chi connectivity index (χ4n) is 1.32. The van der Waals surface area contributed by atoms with E-state index in [1.54, 1.807) is 24.3 Å². The minimum atomic E-state index is -1.14. The van der Waals surface area contributed by atoms with Crippen LogP contribution in [0.2, 0.25) is 0 Å². The molecule has 1 aromatic carbocycles. The molecule has 0 aromatic heterocycles. The van der Waals surface area contributed by atoms with Gasteiger partial charge in [-0.3, -0.25) is 9.00 Å². The van der Waals surface area contributed by atoms with Gasteiger partial charge >= 0.3 is 0 Å². The zero-order valence-corrected chi connectivity index (χ0v) is 10.9. The van der Waals surface area contributed by atoms with Crippen molar-refractivity contribution < 1.29 is 9.00 Å². The molecule has 1 unspecified atom stereocenters. The Hall–Kier alpha value is -1.36. The first-order valence-corrected chi connectivity index (χ1v) is 6.84. The zero-order valence-electron chi connectivity index (χ0n) is 10.1. The van der Waals surface area contributed by atoms with Gasteiger partial charge in [-0.25, -0.2) is 0 Å². The maximum Gasteiger partial charge on any atom is 0.221 e. The first-order valence-electron chi connectivity index (χ1n) is 5.52. The number of amides is 1. The van der Waals surface area contributed by atoms with Crippen LogP contribution in [-0.4, -0.2) is 21.9 Å². The van der Waals surface area contributed by atoms with E-state index in [1.165, 1.54) is 0 Å². The summed E-state index contributed by atoms with van der Waals surface area (Å²) >= 11 is 0. The van der Waals surface area contributed by atoms with Gasteiger partial charge in [-0.05, 0) is 38.1 Å². The Kier molecular flexibility index (Phi) is 5.15. The number of nitrogen functional groups attached to an aromatic ring is 1. The average molecular weight is 254 g/mol. The predicted molar refractivity (Wildman–Crippen MR) is 70.0 cm³/mol. The van der Waals surface area contributed by atoms with Crippen molar-refractivity contribution in [2.45, 2.75) is 31.2 Å². The van der Waals surface area contributed by atoms with Gasteiger partial charge in [0.2, 0.25) is 5.91 Å². The molecule has 0 spiro atoms. The maximum absolute atomic E-state index is 11.8. The number of hydrogen-bond acceptors (Lipinski definition) is 3. The molecular weight excluding hydrogens is 236 g/mol. The summed E-state index contributed by atoms with van der Waals surface area (Å²) in [7, 11) is -1.14. The van der Waals surface area contributed by atoms with Crippen LogP contribution < -0.4 is 11.1 Å². The number of carbonyl (C=O) groups excluding carboxylic acids is 1. The molecule has 3 N–H and O–H groups in total. The van der Waals surface area contributed by atoms with Crippen molar-refractivity contribution in [2.24, 2.45) is 0 Å². The molecule has 17 heavy (non-hydrogen) atoms. The fraction of sp³-hybridized carbons (Fsp3) is 0.417. The fourth-order valence-corrected chi connectivity index (χ4v) is 2.36. The van der Waals surface area contributed by atoms with Crippen molar-refractivity contribution in [1.29, 1.82) is 0 Å². The molecule has 0 aliphatic heterocycles. The Morgan fingerprint density at radius 3 is 2.47 bits per heavy atom. The summed E-state index contributed by atoms with van der Waals surface area (Å²) in [6, 6.07) is 6.99. The molecule has 94 valence electrons. The quantitative estimate of drug-likeness (QED) is 0.778. The van der Waals surface area contributed by atoms with Crippen molar-refractivity contribution in [2.75, 3.05) is 11.5 Å². The van der Waals surface area contributed by atoms with E-state index >= 15 is 0 Å². The number of nitrogens with two attached hydrogens (primary N) is 1. The van der Waals surface area contributed by atoms with E-state index in [-0.39, 0.29) is 18.4 Å². The Morgan fingerprint density at radius 2 is 1.94 bits per heavy atom. The van der Waals surface area contributed by atoms with Crippen LogP contribution in [0, 0.1) is 0 Å². The van der Waals surface area contributed by atoms with Crippen LogP contribution in [0.25, 0.3) is 0 Å². The molecule has 5 heteroatoms. The minimum absolute atomic E-state index is 0.0659. The highest BCUT2D eigenvalue weighted by Crippen LogP contribution is 2.10. The number of nitrogens with one attached hydrogen (secondary N) is 1. The van der Waals surface area contributed by atoms with Crippen LogP contribution in [0.4, 0.5) is 5.69 Å². The van der Waals surface area contributed by atoms with E-state index in [2.05, 4.69) is 5.32 Å². The van der Waals surface area contributed by atoms with Crippen LogP contribution in [0.5, 0.6) is 0 Å². The molecule has 0 aliphatic carbocycles. The summed E-state index contributed by atoms with van der Waals surface area (Å²) in [6.45, 7) is 3.80. The molecule has 1 amide bonds. The third-order valence-corrected chi connectivity index (χ3v) is 3.48. The number of hydrogen-bond donors (Lipinski definition) is 2. The second kappa shape index (κ2) is 6.39. The van der Waals surface area contributed by atoms with Crippen LogP contribution in [0.3, 0.4) is 0 Å². The lowest BCUT2D eigenvalue weighted by Gasteiger charge is -2.08. The third-order valence-electron chi connectivity index (χ3n) is 2.11. The lowest BCUT2D eigenvalue weighted by Crippen LogP contribution is -2.30. The summed E-state index contributed by atoms with van der Waals surface area (Å²) < 4.78 is 11.8. The Balaban J connectivity index is 2.45. The van der Waals surface area contributed by atoms with E-state index < -0.39 is 10.8 Å². The molecule has 0 heterocycles. The van der Waals surface area contributed by atoms with E-state index in [0.717, 1.165) is 0 Å². The molecule has 0 radical (unpaired) electrons. The number of carbonyl (C=O) groups is 1. The van der Waals surface area contributed by atoms with Crippen LogP contribution in [-0.2, 0) is 15.6 Å². The Bertz CT molecular complexity index is 401. The first kappa shape index (κ1) is 13.7. The monoisotopic (exact) mass is 254 g/mol. The molecule has 0 aliphatic rings. The standard InChI is InChI=1S/C12H18N2O2S/c1-9(2)14-12(15)7-8-17(16)11-5-3-10(13)4-6-11/h3-6,9H,7-8,13H2,1-2H3,(H,14,15). The Morgan fingerprint density at radius 1 is 1.35 bits per heavy atom. The Labute approximate surface area is 104 Å². The van der Waals surface area contributed by atoms with Gasteiger partial charge in [-0.15, -0.1) is 0 Å². The van der Waals surface area contributed by atoms with Gasteiger partial charge in [0.25, 0.3) is 0 Å². The van der Waals surface area contributed by atoms with Gasteiger partial charge in [0.1, 0.15) is 0 Å². The highest BCUT2D eigenvalue weighted by atomic mass is 32.2. The summed E-state index contributed by atoms with van der Waals surface area (Å²) in [4.78, 5) is 12.1. The van der Waals surface area contributed by atoms with Crippen LogP contribution >= 0.6 is 0 Å².